The number of hydrazone groups is 1. The molecule has 2 rings (SSSR count). The molecule has 0 aliphatic carbocycles. The quantitative estimate of drug-likeness (QED) is 0.393. The van der Waals surface area contributed by atoms with Gasteiger partial charge in [-0.05, 0) is 6.07 Å². The highest BCUT2D eigenvalue weighted by molar-refractivity contribution is 5.66. The lowest BCUT2D eigenvalue weighted by atomic mass is 10.2. The van der Waals surface area contributed by atoms with Crippen molar-refractivity contribution in [2.75, 3.05) is 25.1 Å². The SMILES string of the molecule is O=[N+]([O-])c1ccc(NN=CC2CNCCN2)nc1. The van der Waals surface area contributed by atoms with Crippen molar-refractivity contribution in [3.63, 3.8) is 0 Å². The van der Waals surface area contributed by atoms with Crippen molar-refractivity contribution in [1.82, 2.24) is 15.6 Å². The highest BCUT2D eigenvalue weighted by Crippen LogP contribution is 2.11. The summed E-state index contributed by atoms with van der Waals surface area (Å²) < 4.78 is 0. The van der Waals surface area contributed by atoms with Crippen LogP contribution in [0.3, 0.4) is 0 Å². The fourth-order valence-electron chi connectivity index (χ4n) is 1.53. The summed E-state index contributed by atoms with van der Waals surface area (Å²) in [6.45, 7) is 2.70. The average molecular weight is 250 g/mol. The summed E-state index contributed by atoms with van der Waals surface area (Å²) in [4.78, 5) is 13.8. The predicted molar refractivity (Wildman–Crippen MR) is 67.7 cm³/mol. The maximum atomic E-state index is 10.4. The van der Waals surface area contributed by atoms with Crippen LogP contribution in [0.2, 0.25) is 0 Å². The Balaban J connectivity index is 1.85. The second-order valence-corrected chi connectivity index (χ2v) is 3.81. The van der Waals surface area contributed by atoms with Crippen LogP contribution in [0.5, 0.6) is 0 Å². The Morgan fingerprint density at radius 3 is 3.06 bits per heavy atom. The monoisotopic (exact) mass is 250 g/mol. The van der Waals surface area contributed by atoms with Gasteiger partial charge in [0.1, 0.15) is 12.0 Å². The van der Waals surface area contributed by atoms with Gasteiger partial charge >= 0.3 is 0 Å². The largest absolute Gasteiger partial charge is 0.314 e. The summed E-state index contributed by atoms with van der Waals surface area (Å²) in [5.74, 6) is 0.473. The maximum Gasteiger partial charge on any atom is 0.287 e. The van der Waals surface area contributed by atoms with Crippen LogP contribution < -0.4 is 16.1 Å². The number of nitro groups is 1. The number of hydrogen-bond acceptors (Lipinski definition) is 7. The van der Waals surface area contributed by atoms with E-state index in [1.54, 1.807) is 6.21 Å². The number of aromatic nitrogens is 1. The number of rotatable bonds is 4. The third-order valence-corrected chi connectivity index (χ3v) is 2.46. The van der Waals surface area contributed by atoms with Crippen molar-refractivity contribution < 1.29 is 4.92 Å². The molecular formula is C10H14N6O2. The van der Waals surface area contributed by atoms with Crippen LogP contribution in [-0.2, 0) is 0 Å². The predicted octanol–water partition coefficient (Wildman–Crippen LogP) is -0.0511. The van der Waals surface area contributed by atoms with Gasteiger partial charge in [-0.25, -0.2) is 4.98 Å². The summed E-state index contributed by atoms with van der Waals surface area (Å²) in [7, 11) is 0. The lowest BCUT2D eigenvalue weighted by Gasteiger charge is -2.20. The van der Waals surface area contributed by atoms with Gasteiger partial charge in [-0.1, -0.05) is 0 Å². The molecular weight excluding hydrogens is 236 g/mol. The van der Waals surface area contributed by atoms with E-state index < -0.39 is 4.92 Å². The van der Waals surface area contributed by atoms with Crippen molar-refractivity contribution in [3.05, 3.63) is 28.4 Å². The van der Waals surface area contributed by atoms with E-state index >= 15 is 0 Å². The van der Waals surface area contributed by atoms with Crippen LogP contribution >= 0.6 is 0 Å². The first-order valence-electron chi connectivity index (χ1n) is 5.59. The Bertz CT molecular complexity index is 426. The minimum atomic E-state index is -0.488. The van der Waals surface area contributed by atoms with Gasteiger partial charge in [0.25, 0.3) is 5.69 Å². The lowest BCUT2D eigenvalue weighted by Crippen LogP contribution is -2.49. The fraction of sp³-hybridized carbons (Fsp3) is 0.400. The van der Waals surface area contributed by atoms with Crippen molar-refractivity contribution in [1.29, 1.82) is 0 Å². The van der Waals surface area contributed by atoms with Crippen LogP contribution in [-0.4, -0.2) is 41.8 Å². The normalized spacial score (nSPS) is 19.9. The molecule has 0 spiro atoms. The molecule has 1 fully saturated rings. The molecule has 0 saturated carbocycles. The number of nitrogens with zero attached hydrogens (tertiary/aromatic N) is 3. The lowest BCUT2D eigenvalue weighted by molar-refractivity contribution is -0.385. The zero-order chi connectivity index (χ0) is 12.8. The van der Waals surface area contributed by atoms with Gasteiger partial charge in [-0.2, -0.15) is 5.10 Å². The molecule has 18 heavy (non-hydrogen) atoms. The van der Waals surface area contributed by atoms with E-state index in [2.05, 4.69) is 26.1 Å². The Hall–Kier alpha value is -2.06. The summed E-state index contributed by atoms with van der Waals surface area (Å²) in [6, 6.07) is 3.08. The Labute approximate surface area is 104 Å². The van der Waals surface area contributed by atoms with Crippen molar-refractivity contribution in [2.24, 2.45) is 5.10 Å². The molecule has 96 valence electrons. The van der Waals surface area contributed by atoms with Crippen LogP contribution in [0.15, 0.2) is 23.4 Å². The number of anilines is 1. The third kappa shape index (κ3) is 3.47. The average Bonchev–Trinajstić information content (AvgIpc) is 2.40. The smallest absolute Gasteiger partial charge is 0.287 e. The molecule has 2 heterocycles. The first-order valence-corrected chi connectivity index (χ1v) is 5.59. The molecule has 3 N–H and O–H groups in total. The topological polar surface area (TPSA) is 104 Å². The molecule has 8 nitrogen and oxygen atoms in total. The first kappa shape index (κ1) is 12.4. The molecule has 0 radical (unpaired) electrons. The molecule has 1 unspecified atom stereocenters. The number of hydrogen-bond donors (Lipinski definition) is 3. The van der Waals surface area contributed by atoms with Crippen LogP contribution in [0.4, 0.5) is 11.5 Å². The summed E-state index contributed by atoms with van der Waals surface area (Å²) in [5.41, 5.74) is 2.69. The first-order chi connectivity index (χ1) is 8.75. The molecule has 1 aromatic rings. The van der Waals surface area contributed by atoms with Gasteiger partial charge in [0, 0.05) is 31.9 Å². The van der Waals surface area contributed by atoms with E-state index in [9.17, 15) is 10.1 Å². The zero-order valence-corrected chi connectivity index (χ0v) is 9.67. The minimum absolute atomic E-state index is 0.0392. The molecule has 0 aromatic carbocycles. The summed E-state index contributed by atoms with van der Waals surface area (Å²) in [5, 5.41) is 21.0. The van der Waals surface area contributed by atoms with E-state index in [4.69, 9.17) is 0 Å². The zero-order valence-electron chi connectivity index (χ0n) is 9.67. The van der Waals surface area contributed by atoms with E-state index in [1.807, 2.05) is 0 Å². The Morgan fingerprint density at radius 2 is 2.44 bits per heavy atom. The maximum absolute atomic E-state index is 10.4. The highest BCUT2D eigenvalue weighted by Gasteiger charge is 2.08. The third-order valence-electron chi connectivity index (χ3n) is 2.46. The van der Waals surface area contributed by atoms with Gasteiger partial charge < -0.3 is 10.6 Å². The van der Waals surface area contributed by atoms with Crippen LogP contribution in [0, 0.1) is 10.1 Å². The molecule has 1 aliphatic rings. The molecule has 0 amide bonds. The van der Waals surface area contributed by atoms with Gasteiger partial charge in [0.15, 0.2) is 0 Å². The summed E-state index contributed by atoms with van der Waals surface area (Å²) in [6.07, 6.45) is 2.94. The van der Waals surface area contributed by atoms with Crippen LogP contribution in [0.1, 0.15) is 0 Å². The molecule has 1 atom stereocenters. The highest BCUT2D eigenvalue weighted by atomic mass is 16.6. The summed E-state index contributed by atoms with van der Waals surface area (Å²) >= 11 is 0. The fourth-order valence-corrected chi connectivity index (χ4v) is 1.53. The minimum Gasteiger partial charge on any atom is -0.314 e. The molecule has 1 aromatic heterocycles. The van der Waals surface area contributed by atoms with Gasteiger partial charge in [-0.15, -0.1) is 0 Å². The molecule has 1 saturated heterocycles. The van der Waals surface area contributed by atoms with Crippen molar-refractivity contribution in [2.45, 2.75) is 6.04 Å². The second kappa shape index (κ2) is 6.03. The van der Waals surface area contributed by atoms with Gasteiger partial charge in [0.05, 0.1) is 11.0 Å². The van der Waals surface area contributed by atoms with Gasteiger partial charge in [-0.3, -0.25) is 15.5 Å². The molecule has 8 heteroatoms. The van der Waals surface area contributed by atoms with Crippen LogP contribution in [0.25, 0.3) is 0 Å². The standard InChI is InChI=1S/C10H14N6O2/c17-16(18)9-1-2-10(13-7-9)15-14-6-8-5-11-3-4-12-8/h1-2,6-8,11-12H,3-5H2,(H,13,15). The Kier molecular flexibility index (Phi) is 4.15. The molecule has 0 bridgehead atoms. The van der Waals surface area contributed by atoms with E-state index in [0.29, 0.717) is 5.82 Å². The number of nitrogens with one attached hydrogen (secondary N) is 3. The second-order valence-electron chi connectivity index (χ2n) is 3.81. The Morgan fingerprint density at radius 1 is 1.56 bits per heavy atom. The van der Waals surface area contributed by atoms with E-state index in [-0.39, 0.29) is 11.7 Å². The van der Waals surface area contributed by atoms with Crippen molar-refractivity contribution >= 4 is 17.7 Å². The molecule has 1 aliphatic heterocycles. The van der Waals surface area contributed by atoms with E-state index in [1.165, 1.54) is 18.3 Å². The number of piperazine rings is 1. The van der Waals surface area contributed by atoms with Crippen molar-refractivity contribution in [3.8, 4) is 0 Å². The van der Waals surface area contributed by atoms with Gasteiger partial charge in [0.2, 0.25) is 0 Å². The van der Waals surface area contributed by atoms with E-state index in [0.717, 1.165) is 19.6 Å². The number of pyridine rings is 1.